The lowest BCUT2D eigenvalue weighted by Gasteiger charge is -2.13. The number of rotatable bonds is 4. The first-order valence-electron chi connectivity index (χ1n) is 5.27. The predicted molar refractivity (Wildman–Crippen MR) is 60.8 cm³/mol. The zero-order chi connectivity index (χ0) is 11.3. The molecule has 0 heterocycles. The molecule has 0 saturated carbocycles. The first kappa shape index (κ1) is 11.8. The number of carbonyl (C=O) groups is 1. The molecule has 0 bridgehead atoms. The lowest BCUT2D eigenvalue weighted by atomic mass is 9.93. The molecule has 0 N–H and O–H groups in total. The van der Waals surface area contributed by atoms with E-state index >= 15 is 0 Å². The molecule has 0 saturated heterocycles. The van der Waals surface area contributed by atoms with E-state index in [-0.39, 0.29) is 5.97 Å². The minimum absolute atomic E-state index is 0.129. The van der Waals surface area contributed by atoms with Crippen molar-refractivity contribution in [1.82, 2.24) is 0 Å². The highest BCUT2D eigenvalue weighted by molar-refractivity contribution is 5.69. The summed E-state index contributed by atoms with van der Waals surface area (Å²) in [5.74, 6) is 0.278. The van der Waals surface area contributed by atoms with Gasteiger partial charge in [-0.05, 0) is 30.4 Å². The van der Waals surface area contributed by atoms with Crippen LogP contribution < -0.4 is 0 Å². The minimum atomic E-state index is -0.129. The molecule has 2 heteroatoms. The highest BCUT2D eigenvalue weighted by Crippen LogP contribution is 2.23. The lowest BCUT2D eigenvalue weighted by molar-refractivity contribution is -0.140. The van der Waals surface area contributed by atoms with Crippen LogP contribution in [0.15, 0.2) is 24.3 Å². The average molecular weight is 206 g/mol. The van der Waals surface area contributed by atoms with Gasteiger partial charge in [0.25, 0.3) is 0 Å². The molecule has 0 radical (unpaired) electrons. The topological polar surface area (TPSA) is 26.3 Å². The molecule has 1 aromatic rings. The highest BCUT2D eigenvalue weighted by Gasteiger charge is 2.10. The van der Waals surface area contributed by atoms with Crippen molar-refractivity contribution in [3.05, 3.63) is 35.4 Å². The Kier molecular flexibility index (Phi) is 4.35. The summed E-state index contributed by atoms with van der Waals surface area (Å²) >= 11 is 0. The minimum Gasteiger partial charge on any atom is -0.469 e. The van der Waals surface area contributed by atoms with Crippen LogP contribution in [0.25, 0.3) is 0 Å². The Morgan fingerprint density at radius 2 is 2.07 bits per heavy atom. The fraction of sp³-hybridized carbons (Fsp3) is 0.462. The largest absolute Gasteiger partial charge is 0.469 e. The van der Waals surface area contributed by atoms with Crippen LogP contribution in [0.2, 0.25) is 0 Å². The van der Waals surface area contributed by atoms with Crippen molar-refractivity contribution in [2.45, 2.75) is 32.6 Å². The van der Waals surface area contributed by atoms with E-state index < -0.39 is 0 Å². The van der Waals surface area contributed by atoms with Gasteiger partial charge in [0, 0.05) is 6.42 Å². The predicted octanol–water partition coefficient (Wildman–Crippen LogP) is 3.05. The van der Waals surface area contributed by atoms with E-state index in [9.17, 15) is 4.79 Å². The number of carbonyl (C=O) groups excluding carboxylic acids is 1. The van der Waals surface area contributed by atoms with Crippen LogP contribution in [0.1, 0.15) is 36.8 Å². The Bertz CT molecular complexity index is 331. The summed E-state index contributed by atoms with van der Waals surface area (Å²) in [6.07, 6.45) is 1.34. The zero-order valence-corrected chi connectivity index (χ0v) is 9.62. The molecule has 0 fully saturated rings. The van der Waals surface area contributed by atoms with Crippen molar-refractivity contribution in [1.29, 1.82) is 0 Å². The molecule has 1 atom stereocenters. The number of methoxy groups -OCH3 is 1. The first-order chi connectivity index (χ1) is 7.15. The molecule has 0 spiro atoms. The van der Waals surface area contributed by atoms with Crippen LogP contribution in [0, 0.1) is 6.92 Å². The van der Waals surface area contributed by atoms with Gasteiger partial charge in [0.15, 0.2) is 0 Å². The van der Waals surface area contributed by atoms with E-state index in [1.807, 2.05) is 12.1 Å². The van der Waals surface area contributed by atoms with Gasteiger partial charge in [-0.3, -0.25) is 4.79 Å². The van der Waals surface area contributed by atoms with Crippen LogP contribution in [0.5, 0.6) is 0 Å². The number of ether oxygens (including phenoxy) is 1. The first-order valence-corrected chi connectivity index (χ1v) is 5.27. The normalized spacial score (nSPS) is 12.2. The van der Waals surface area contributed by atoms with Crippen LogP contribution >= 0.6 is 0 Å². The maximum absolute atomic E-state index is 11.0. The van der Waals surface area contributed by atoms with Crippen LogP contribution in [0.4, 0.5) is 0 Å². The molecular weight excluding hydrogens is 188 g/mol. The number of aryl methyl sites for hydroxylation is 1. The molecule has 15 heavy (non-hydrogen) atoms. The Labute approximate surface area is 91.3 Å². The van der Waals surface area contributed by atoms with Crippen molar-refractivity contribution < 1.29 is 9.53 Å². The van der Waals surface area contributed by atoms with Gasteiger partial charge < -0.3 is 4.74 Å². The van der Waals surface area contributed by atoms with Crippen molar-refractivity contribution in [3.8, 4) is 0 Å². The number of hydrogen-bond acceptors (Lipinski definition) is 2. The maximum atomic E-state index is 11.0. The number of benzene rings is 1. The molecule has 1 rings (SSSR count). The third-order valence-electron chi connectivity index (χ3n) is 2.73. The van der Waals surface area contributed by atoms with E-state index in [1.165, 1.54) is 18.2 Å². The summed E-state index contributed by atoms with van der Waals surface area (Å²) in [6, 6.07) is 8.30. The van der Waals surface area contributed by atoms with Gasteiger partial charge in [0.05, 0.1) is 7.11 Å². The molecule has 0 amide bonds. The Morgan fingerprint density at radius 1 is 1.40 bits per heavy atom. The summed E-state index contributed by atoms with van der Waals surface area (Å²) in [4.78, 5) is 11.0. The average Bonchev–Trinajstić information content (AvgIpc) is 2.26. The summed E-state index contributed by atoms with van der Waals surface area (Å²) < 4.78 is 4.63. The second-order valence-corrected chi connectivity index (χ2v) is 3.87. The quantitative estimate of drug-likeness (QED) is 0.708. The van der Waals surface area contributed by atoms with Crippen molar-refractivity contribution in [3.63, 3.8) is 0 Å². The molecule has 0 aliphatic rings. The van der Waals surface area contributed by atoms with E-state index in [2.05, 4.69) is 30.7 Å². The van der Waals surface area contributed by atoms with Gasteiger partial charge in [-0.25, -0.2) is 0 Å². The SMILES string of the molecule is COC(=O)CC[C@@H](C)c1ccccc1C. The zero-order valence-electron chi connectivity index (χ0n) is 9.62. The van der Waals surface area contributed by atoms with Crippen LogP contribution in [-0.4, -0.2) is 13.1 Å². The number of hydrogen-bond donors (Lipinski definition) is 0. The molecule has 0 aliphatic carbocycles. The second kappa shape index (κ2) is 5.54. The van der Waals surface area contributed by atoms with Gasteiger partial charge >= 0.3 is 5.97 Å². The standard InChI is InChI=1S/C13H18O2/c1-10-6-4-5-7-12(10)11(2)8-9-13(14)15-3/h4-7,11H,8-9H2,1-3H3/t11-/m1/s1. The van der Waals surface area contributed by atoms with Gasteiger partial charge in [0.1, 0.15) is 0 Å². The van der Waals surface area contributed by atoms with Crippen molar-refractivity contribution >= 4 is 5.97 Å². The van der Waals surface area contributed by atoms with Gasteiger partial charge in [-0.1, -0.05) is 31.2 Å². The summed E-state index contributed by atoms with van der Waals surface area (Å²) in [6.45, 7) is 4.25. The molecule has 2 nitrogen and oxygen atoms in total. The second-order valence-electron chi connectivity index (χ2n) is 3.87. The van der Waals surface area contributed by atoms with E-state index in [0.29, 0.717) is 12.3 Å². The Morgan fingerprint density at radius 3 is 2.67 bits per heavy atom. The molecule has 1 aromatic carbocycles. The van der Waals surface area contributed by atoms with E-state index in [1.54, 1.807) is 0 Å². The van der Waals surface area contributed by atoms with Gasteiger partial charge in [-0.2, -0.15) is 0 Å². The van der Waals surface area contributed by atoms with Crippen molar-refractivity contribution in [2.24, 2.45) is 0 Å². The fourth-order valence-electron chi connectivity index (χ4n) is 1.73. The summed E-state index contributed by atoms with van der Waals surface area (Å²) in [5.41, 5.74) is 2.61. The molecule has 0 unspecified atom stereocenters. The molecule has 82 valence electrons. The third-order valence-corrected chi connectivity index (χ3v) is 2.73. The van der Waals surface area contributed by atoms with Gasteiger partial charge in [-0.15, -0.1) is 0 Å². The van der Waals surface area contributed by atoms with Crippen LogP contribution in [0.3, 0.4) is 0 Å². The smallest absolute Gasteiger partial charge is 0.305 e. The van der Waals surface area contributed by atoms with E-state index in [4.69, 9.17) is 0 Å². The molecular formula is C13H18O2. The maximum Gasteiger partial charge on any atom is 0.305 e. The number of esters is 1. The fourth-order valence-corrected chi connectivity index (χ4v) is 1.73. The van der Waals surface area contributed by atoms with Crippen molar-refractivity contribution in [2.75, 3.05) is 7.11 Å². The van der Waals surface area contributed by atoms with E-state index in [0.717, 1.165) is 6.42 Å². The van der Waals surface area contributed by atoms with Gasteiger partial charge in [0.2, 0.25) is 0 Å². The molecule has 0 aromatic heterocycles. The summed E-state index contributed by atoms with van der Waals surface area (Å²) in [7, 11) is 1.43. The highest BCUT2D eigenvalue weighted by atomic mass is 16.5. The Hall–Kier alpha value is -1.31. The third kappa shape index (κ3) is 3.39. The van der Waals surface area contributed by atoms with Crippen LogP contribution in [-0.2, 0) is 9.53 Å². The molecule has 0 aliphatic heterocycles. The monoisotopic (exact) mass is 206 g/mol. The Balaban J connectivity index is 2.57. The lowest BCUT2D eigenvalue weighted by Crippen LogP contribution is -2.04. The summed E-state index contributed by atoms with van der Waals surface area (Å²) in [5, 5.41) is 0.